The second-order valence-corrected chi connectivity index (χ2v) is 8.91. The first kappa shape index (κ1) is 20.2. The van der Waals surface area contributed by atoms with Crippen LogP contribution in [0.4, 0.5) is 0 Å². The first-order chi connectivity index (χ1) is 15.2. The molecule has 1 aliphatic carbocycles. The van der Waals surface area contributed by atoms with Gasteiger partial charge in [-0.05, 0) is 55.1 Å². The van der Waals surface area contributed by atoms with Crippen molar-refractivity contribution in [3.05, 3.63) is 36.3 Å². The zero-order chi connectivity index (χ0) is 21.2. The number of aromatic nitrogens is 2. The quantitative estimate of drug-likeness (QED) is 0.733. The lowest BCUT2D eigenvalue weighted by Gasteiger charge is -2.25. The highest BCUT2D eigenvalue weighted by Crippen LogP contribution is 2.53. The number of carbonyl (C=O) groups is 2. The van der Waals surface area contributed by atoms with E-state index in [9.17, 15) is 9.59 Å². The summed E-state index contributed by atoms with van der Waals surface area (Å²) < 4.78 is 10.6. The monoisotopic (exact) mass is 424 g/mol. The summed E-state index contributed by atoms with van der Waals surface area (Å²) in [6.45, 7) is 3.94. The van der Waals surface area contributed by atoms with Crippen molar-refractivity contribution in [3.63, 3.8) is 0 Å². The molecule has 2 amide bonds. The van der Waals surface area contributed by atoms with Crippen molar-refractivity contribution in [1.29, 1.82) is 0 Å². The van der Waals surface area contributed by atoms with Gasteiger partial charge in [0.05, 0.1) is 0 Å². The Hall–Kier alpha value is -2.74. The van der Waals surface area contributed by atoms with Crippen LogP contribution in [0.1, 0.15) is 36.2 Å². The molecular formula is C23H28N4O4. The van der Waals surface area contributed by atoms with Crippen molar-refractivity contribution in [2.24, 2.45) is 23.7 Å². The minimum absolute atomic E-state index is 0.224. The molecule has 0 radical (unpaired) electrons. The van der Waals surface area contributed by atoms with Gasteiger partial charge in [0.15, 0.2) is 11.5 Å². The van der Waals surface area contributed by atoms with Gasteiger partial charge in [-0.15, -0.1) is 0 Å². The Morgan fingerprint density at radius 2 is 2.00 bits per heavy atom. The summed E-state index contributed by atoms with van der Waals surface area (Å²) in [7, 11) is 0. The number of fused-ring (bicyclic) bond motifs is 1. The molecular weight excluding hydrogens is 396 g/mol. The predicted octanol–water partition coefficient (Wildman–Crippen LogP) is 2.38. The van der Waals surface area contributed by atoms with Crippen molar-refractivity contribution in [2.75, 3.05) is 32.8 Å². The van der Waals surface area contributed by atoms with Crippen LogP contribution in [0, 0.1) is 23.7 Å². The zero-order valence-electron chi connectivity index (χ0n) is 17.5. The van der Waals surface area contributed by atoms with E-state index in [2.05, 4.69) is 20.4 Å². The summed E-state index contributed by atoms with van der Waals surface area (Å²) in [6, 6.07) is 5.31. The molecule has 2 aliphatic heterocycles. The van der Waals surface area contributed by atoms with Gasteiger partial charge in [0.2, 0.25) is 5.91 Å². The number of piperidine rings is 1. The molecule has 8 heteroatoms. The van der Waals surface area contributed by atoms with Gasteiger partial charge in [-0.2, -0.15) is 0 Å². The molecule has 0 bridgehead atoms. The molecule has 1 N–H and O–H groups in total. The lowest BCUT2D eigenvalue weighted by atomic mass is 9.96. The van der Waals surface area contributed by atoms with E-state index in [4.69, 9.17) is 9.26 Å². The second-order valence-electron chi connectivity index (χ2n) is 8.91. The fraction of sp³-hybridized carbons (Fsp3) is 0.565. The second kappa shape index (κ2) is 8.78. The molecule has 31 heavy (non-hydrogen) atoms. The Bertz CT molecular complexity index is 913. The summed E-state index contributed by atoms with van der Waals surface area (Å²) >= 11 is 0. The minimum atomic E-state index is -0.224. The smallest absolute Gasteiger partial charge is 0.273 e. The van der Waals surface area contributed by atoms with E-state index in [0.717, 1.165) is 51.1 Å². The van der Waals surface area contributed by atoms with Crippen LogP contribution in [0.15, 0.2) is 35.1 Å². The Labute approximate surface area is 181 Å². The maximum atomic E-state index is 12.6. The third kappa shape index (κ3) is 4.49. The highest BCUT2D eigenvalue weighted by molar-refractivity contribution is 5.93. The predicted molar refractivity (Wildman–Crippen MR) is 112 cm³/mol. The van der Waals surface area contributed by atoms with Crippen molar-refractivity contribution in [2.45, 2.75) is 25.7 Å². The van der Waals surface area contributed by atoms with Gasteiger partial charge in [-0.25, -0.2) is 0 Å². The van der Waals surface area contributed by atoms with E-state index >= 15 is 0 Å². The molecule has 2 saturated heterocycles. The summed E-state index contributed by atoms with van der Waals surface area (Å²) in [6.07, 6.45) is 6.97. The van der Waals surface area contributed by atoms with Crippen LogP contribution in [-0.2, 0) is 9.53 Å². The van der Waals surface area contributed by atoms with Crippen molar-refractivity contribution >= 4 is 11.8 Å². The highest BCUT2D eigenvalue weighted by atomic mass is 16.5. The van der Waals surface area contributed by atoms with Crippen LogP contribution < -0.4 is 5.32 Å². The van der Waals surface area contributed by atoms with Gasteiger partial charge in [-0.1, -0.05) is 5.16 Å². The average Bonchev–Trinajstić information content (AvgIpc) is 3.19. The summed E-state index contributed by atoms with van der Waals surface area (Å²) in [5, 5.41) is 6.82. The van der Waals surface area contributed by atoms with Crippen LogP contribution in [0.5, 0.6) is 0 Å². The molecule has 2 aromatic rings. The molecule has 1 saturated carbocycles. The lowest BCUT2D eigenvalue weighted by Crippen LogP contribution is -2.34. The molecule has 0 spiro atoms. The van der Waals surface area contributed by atoms with Crippen molar-refractivity contribution in [3.8, 4) is 11.3 Å². The highest BCUT2D eigenvalue weighted by Gasteiger charge is 2.55. The average molecular weight is 425 g/mol. The number of ether oxygens (including phenoxy) is 1. The van der Waals surface area contributed by atoms with E-state index < -0.39 is 0 Å². The van der Waals surface area contributed by atoms with E-state index in [0.29, 0.717) is 48.3 Å². The lowest BCUT2D eigenvalue weighted by molar-refractivity contribution is -0.132. The van der Waals surface area contributed by atoms with Crippen LogP contribution in [0.2, 0.25) is 0 Å². The van der Waals surface area contributed by atoms with Gasteiger partial charge < -0.3 is 19.5 Å². The molecule has 3 fully saturated rings. The number of nitrogens with one attached hydrogen (secondary N) is 1. The van der Waals surface area contributed by atoms with E-state index in [-0.39, 0.29) is 11.6 Å². The molecule has 164 valence electrons. The zero-order valence-corrected chi connectivity index (χ0v) is 17.5. The van der Waals surface area contributed by atoms with Gasteiger partial charge in [0, 0.05) is 63.3 Å². The van der Waals surface area contributed by atoms with Gasteiger partial charge in [0.1, 0.15) is 0 Å². The molecule has 0 aromatic carbocycles. The largest absolute Gasteiger partial charge is 0.381 e. The molecule has 2 aromatic heterocycles. The van der Waals surface area contributed by atoms with Crippen LogP contribution >= 0.6 is 0 Å². The normalized spacial score (nSPS) is 25.3. The molecule has 4 heterocycles. The van der Waals surface area contributed by atoms with Gasteiger partial charge >= 0.3 is 0 Å². The number of hydrogen-bond acceptors (Lipinski definition) is 6. The molecule has 5 rings (SSSR count). The molecule has 8 nitrogen and oxygen atoms in total. The third-order valence-electron chi connectivity index (χ3n) is 6.98. The number of carbonyl (C=O) groups excluding carboxylic acids is 2. The number of rotatable bonds is 7. The first-order valence-electron chi connectivity index (χ1n) is 11.2. The Morgan fingerprint density at radius 3 is 2.74 bits per heavy atom. The molecule has 2 unspecified atom stereocenters. The van der Waals surface area contributed by atoms with Crippen molar-refractivity contribution in [1.82, 2.24) is 20.4 Å². The van der Waals surface area contributed by atoms with E-state index in [1.165, 1.54) is 0 Å². The number of likely N-dealkylation sites (tertiary alicyclic amines) is 1. The summed E-state index contributed by atoms with van der Waals surface area (Å²) in [5.41, 5.74) is 1.07. The number of pyridine rings is 1. The Balaban J connectivity index is 1.02. The standard InChI is InChI=1S/C23H28N4O4/c28-22(10-15-4-8-30-9-5-15)27-13-18-17(19(18)14-27)3-7-25-23(29)20-11-21(31-26-20)16-2-1-6-24-12-16/h1-2,6,11-12,15,17-19H,3-5,7-10,13-14H2,(H,25,29). The Morgan fingerprint density at radius 1 is 1.19 bits per heavy atom. The minimum Gasteiger partial charge on any atom is -0.381 e. The van der Waals surface area contributed by atoms with Crippen LogP contribution in [-0.4, -0.2) is 59.7 Å². The van der Waals surface area contributed by atoms with Crippen molar-refractivity contribution < 1.29 is 18.8 Å². The SMILES string of the molecule is O=C(NCCC1C2CN(C(=O)CC3CCOCC3)CC12)c1cc(-c2cccnc2)on1. The van der Waals surface area contributed by atoms with Crippen LogP contribution in [0.25, 0.3) is 11.3 Å². The number of nitrogens with zero attached hydrogens (tertiary/aromatic N) is 3. The first-order valence-corrected chi connectivity index (χ1v) is 11.2. The summed E-state index contributed by atoms with van der Waals surface area (Å²) in [4.78, 5) is 31.0. The maximum absolute atomic E-state index is 12.6. The van der Waals surface area contributed by atoms with Gasteiger partial charge in [0.25, 0.3) is 5.91 Å². The summed E-state index contributed by atoms with van der Waals surface area (Å²) in [5.74, 6) is 2.90. The van der Waals surface area contributed by atoms with Gasteiger partial charge in [-0.3, -0.25) is 14.6 Å². The molecule has 3 aliphatic rings. The molecule has 2 atom stereocenters. The maximum Gasteiger partial charge on any atom is 0.273 e. The number of hydrogen-bond donors (Lipinski definition) is 1. The van der Waals surface area contributed by atoms with E-state index in [1.807, 2.05) is 12.1 Å². The fourth-order valence-corrected chi connectivity index (χ4v) is 5.08. The van der Waals surface area contributed by atoms with E-state index in [1.54, 1.807) is 18.5 Å². The third-order valence-corrected chi connectivity index (χ3v) is 6.98. The fourth-order valence-electron chi connectivity index (χ4n) is 5.08. The number of amides is 2. The Kier molecular flexibility index (Phi) is 5.72. The van der Waals surface area contributed by atoms with Crippen LogP contribution in [0.3, 0.4) is 0 Å². The topological polar surface area (TPSA) is 97.6 Å².